The molecule has 4 aromatic carbocycles. The van der Waals surface area contributed by atoms with Crippen LogP contribution in [0.1, 0.15) is 36.1 Å². The zero-order chi connectivity index (χ0) is 26.2. The van der Waals surface area contributed by atoms with E-state index in [-0.39, 0.29) is 5.91 Å². The molecule has 1 aliphatic carbocycles. The average molecular weight is 500 g/mol. The summed E-state index contributed by atoms with van der Waals surface area (Å²) in [4.78, 5) is 13.1. The van der Waals surface area contributed by atoms with Crippen LogP contribution in [0, 0.1) is 6.92 Å². The number of hydrogen-bond donors (Lipinski definition) is 1. The van der Waals surface area contributed by atoms with Crippen molar-refractivity contribution in [2.75, 3.05) is 11.9 Å². The Morgan fingerprint density at radius 3 is 2.53 bits per heavy atom. The van der Waals surface area contributed by atoms with Gasteiger partial charge in [0.1, 0.15) is 11.3 Å². The fraction of sp³-hybridized carbons (Fsp3) is 0.147. The number of nitrogens with one attached hydrogen (secondary N) is 1. The van der Waals surface area contributed by atoms with E-state index >= 15 is 0 Å². The highest BCUT2D eigenvalue weighted by atomic mass is 16.5. The zero-order valence-corrected chi connectivity index (χ0v) is 21.8. The summed E-state index contributed by atoms with van der Waals surface area (Å²) in [5.74, 6) is 0.569. The monoisotopic (exact) mass is 499 g/mol. The lowest BCUT2D eigenvalue weighted by atomic mass is 9.96. The second-order valence-electron chi connectivity index (χ2n) is 9.73. The Labute approximate surface area is 222 Å². The summed E-state index contributed by atoms with van der Waals surface area (Å²) in [6.45, 7) is 6.43. The van der Waals surface area contributed by atoms with Crippen LogP contribution < -0.4 is 10.1 Å². The van der Waals surface area contributed by atoms with Gasteiger partial charge in [0, 0.05) is 33.8 Å². The van der Waals surface area contributed by atoms with Gasteiger partial charge in [0.05, 0.1) is 12.9 Å². The van der Waals surface area contributed by atoms with E-state index < -0.39 is 0 Å². The van der Waals surface area contributed by atoms with Gasteiger partial charge < -0.3 is 14.5 Å². The lowest BCUT2D eigenvalue weighted by molar-refractivity contribution is -0.111. The molecule has 0 saturated carbocycles. The Hall–Kier alpha value is -4.57. The molecule has 188 valence electrons. The summed E-state index contributed by atoms with van der Waals surface area (Å²) in [7, 11) is 0. The van der Waals surface area contributed by atoms with E-state index in [0.717, 1.165) is 56.7 Å². The second kappa shape index (κ2) is 9.71. The number of carbonyl (C=O) groups is 1. The quantitative estimate of drug-likeness (QED) is 0.234. The van der Waals surface area contributed by atoms with Gasteiger partial charge >= 0.3 is 0 Å². The van der Waals surface area contributed by atoms with Gasteiger partial charge in [-0.2, -0.15) is 0 Å². The predicted octanol–water partition coefficient (Wildman–Crippen LogP) is 8.42. The lowest BCUT2D eigenvalue weighted by Crippen LogP contribution is -2.09. The molecule has 0 bridgehead atoms. The Kier molecular flexibility index (Phi) is 6.09. The molecule has 38 heavy (non-hydrogen) atoms. The number of aryl methyl sites for hydroxylation is 1. The van der Waals surface area contributed by atoms with E-state index in [2.05, 4.69) is 59.9 Å². The van der Waals surface area contributed by atoms with Crippen LogP contribution >= 0.6 is 0 Å². The van der Waals surface area contributed by atoms with Gasteiger partial charge in [-0.15, -0.1) is 0 Å². The molecule has 1 heterocycles. The second-order valence-corrected chi connectivity index (χ2v) is 9.73. The molecule has 0 aliphatic heterocycles. The first-order valence-electron chi connectivity index (χ1n) is 13.0. The highest BCUT2D eigenvalue weighted by Crippen LogP contribution is 2.41. The van der Waals surface area contributed by atoms with Gasteiger partial charge in [0.25, 0.3) is 0 Å². The minimum atomic E-state index is -0.173. The van der Waals surface area contributed by atoms with Crippen molar-refractivity contribution in [1.29, 1.82) is 0 Å². The highest BCUT2D eigenvalue weighted by Gasteiger charge is 2.20. The highest BCUT2D eigenvalue weighted by molar-refractivity contribution is 6.06. The number of carbonyl (C=O) groups excluding carboxylic acids is 1. The third kappa shape index (κ3) is 4.18. The van der Waals surface area contributed by atoms with Crippen LogP contribution in [0.3, 0.4) is 0 Å². The minimum absolute atomic E-state index is 0.173. The summed E-state index contributed by atoms with van der Waals surface area (Å²) in [5.41, 5.74) is 11.4. The normalized spacial score (nSPS) is 12.3. The molecule has 0 radical (unpaired) electrons. The van der Waals surface area contributed by atoms with Crippen molar-refractivity contribution in [3.05, 3.63) is 113 Å². The molecule has 0 saturated heterocycles. The molecular formula is C34H29NO3. The van der Waals surface area contributed by atoms with Gasteiger partial charge in [-0.3, -0.25) is 4.79 Å². The average Bonchev–Trinajstić information content (AvgIpc) is 3.52. The van der Waals surface area contributed by atoms with E-state index in [1.807, 2.05) is 45.0 Å². The summed E-state index contributed by atoms with van der Waals surface area (Å²) in [5, 5.41) is 4.06. The number of ether oxygens (including phenoxy) is 1. The van der Waals surface area contributed by atoms with Crippen LogP contribution in [0.25, 0.3) is 38.8 Å². The first-order chi connectivity index (χ1) is 18.5. The van der Waals surface area contributed by atoms with Crippen molar-refractivity contribution in [3.8, 4) is 28.0 Å². The van der Waals surface area contributed by atoms with Crippen molar-refractivity contribution in [1.82, 2.24) is 0 Å². The molecule has 0 spiro atoms. The van der Waals surface area contributed by atoms with Gasteiger partial charge in [-0.25, -0.2) is 0 Å². The standard InChI is InChI=1S/C34H29NO3/c1-4-37-33-22(3)34-30(31(20-38-34)23-10-6-5-7-11-23)19-29(33)21(2)16-32(36)35-26-14-15-28-25(18-26)17-24-12-8-9-13-27(24)28/h5-16,18-20H,4,17H2,1-3H3,(H,35,36)/b21-16+. The van der Waals surface area contributed by atoms with Crippen LogP contribution in [-0.4, -0.2) is 12.5 Å². The van der Waals surface area contributed by atoms with Crippen LogP contribution in [0.4, 0.5) is 5.69 Å². The summed E-state index contributed by atoms with van der Waals surface area (Å²) in [6, 6.07) is 26.9. The van der Waals surface area contributed by atoms with Crippen molar-refractivity contribution in [2.45, 2.75) is 27.2 Å². The molecule has 0 atom stereocenters. The smallest absolute Gasteiger partial charge is 0.248 e. The van der Waals surface area contributed by atoms with Crippen molar-refractivity contribution < 1.29 is 13.9 Å². The first kappa shape index (κ1) is 23.8. The van der Waals surface area contributed by atoms with Crippen LogP contribution in [0.15, 0.2) is 95.6 Å². The number of furan rings is 1. The molecule has 1 amide bonds. The molecule has 1 aromatic heterocycles. The fourth-order valence-electron chi connectivity index (χ4n) is 5.46. The lowest BCUT2D eigenvalue weighted by Gasteiger charge is -2.15. The maximum absolute atomic E-state index is 13.1. The Morgan fingerprint density at radius 1 is 0.947 bits per heavy atom. The molecule has 4 heteroatoms. The summed E-state index contributed by atoms with van der Waals surface area (Å²) in [6.07, 6.45) is 4.33. The fourth-order valence-corrected chi connectivity index (χ4v) is 5.46. The number of allylic oxidation sites excluding steroid dienone is 1. The van der Waals surface area contributed by atoms with Gasteiger partial charge in [0.15, 0.2) is 0 Å². The molecule has 0 fully saturated rings. The van der Waals surface area contributed by atoms with Gasteiger partial charge in [-0.1, -0.05) is 60.7 Å². The third-order valence-electron chi connectivity index (χ3n) is 7.25. The topological polar surface area (TPSA) is 51.5 Å². The van der Waals surface area contributed by atoms with Gasteiger partial charge in [-0.05, 0) is 78.8 Å². The maximum Gasteiger partial charge on any atom is 0.248 e. The predicted molar refractivity (Wildman–Crippen MR) is 155 cm³/mol. The number of fused-ring (bicyclic) bond motifs is 4. The summed E-state index contributed by atoms with van der Waals surface area (Å²) < 4.78 is 12.1. The van der Waals surface area contributed by atoms with Crippen LogP contribution in [0.5, 0.6) is 5.75 Å². The van der Waals surface area contributed by atoms with Crippen LogP contribution in [0.2, 0.25) is 0 Å². The summed E-state index contributed by atoms with van der Waals surface area (Å²) >= 11 is 0. The number of benzene rings is 4. The number of anilines is 1. The minimum Gasteiger partial charge on any atom is -0.493 e. The molecule has 0 unspecified atom stereocenters. The molecule has 1 N–H and O–H groups in total. The number of hydrogen-bond acceptors (Lipinski definition) is 3. The SMILES string of the molecule is CCOc1c(/C(C)=C/C(=O)Nc2ccc3c(c2)Cc2ccccc2-3)cc2c(-c3ccccc3)coc2c1C. The van der Waals surface area contributed by atoms with Crippen LogP contribution in [-0.2, 0) is 11.2 Å². The van der Waals surface area contributed by atoms with E-state index in [1.165, 1.54) is 22.3 Å². The molecule has 1 aliphatic rings. The molecule has 5 aromatic rings. The van der Waals surface area contributed by atoms with Crippen molar-refractivity contribution >= 4 is 28.1 Å². The third-order valence-corrected chi connectivity index (χ3v) is 7.25. The van der Waals surface area contributed by atoms with E-state index in [4.69, 9.17) is 9.15 Å². The van der Waals surface area contributed by atoms with Crippen molar-refractivity contribution in [3.63, 3.8) is 0 Å². The maximum atomic E-state index is 13.1. The Morgan fingerprint density at radius 2 is 1.71 bits per heavy atom. The number of rotatable bonds is 6. The largest absolute Gasteiger partial charge is 0.493 e. The Bertz CT molecular complexity index is 1710. The van der Waals surface area contributed by atoms with Crippen molar-refractivity contribution in [2.24, 2.45) is 0 Å². The van der Waals surface area contributed by atoms with E-state index in [1.54, 1.807) is 12.3 Å². The molecular weight excluding hydrogens is 470 g/mol. The zero-order valence-electron chi connectivity index (χ0n) is 21.8. The number of amides is 1. The molecule has 6 rings (SSSR count). The van der Waals surface area contributed by atoms with E-state index in [9.17, 15) is 4.79 Å². The molecule has 4 nitrogen and oxygen atoms in total. The first-order valence-corrected chi connectivity index (χ1v) is 13.0. The van der Waals surface area contributed by atoms with E-state index in [0.29, 0.717) is 6.61 Å². The Balaban J connectivity index is 1.33. The van der Waals surface area contributed by atoms with Gasteiger partial charge in [0.2, 0.25) is 5.91 Å².